The highest BCUT2D eigenvalue weighted by molar-refractivity contribution is 6.36. The van der Waals surface area contributed by atoms with E-state index in [1.54, 1.807) is 0 Å². The van der Waals surface area contributed by atoms with Crippen LogP contribution < -0.4 is 0 Å². The molecule has 1 heterocycles. The fourth-order valence-electron chi connectivity index (χ4n) is 3.73. The van der Waals surface area contributed by atoms with Gasteiger partial charge in [0.2, 0.25) is 0 Å². The molecular formula is C19H15Cl2NO. The zero-order chi connectivity index (χ0) is 16.0. The van der Waals surface area contributed by atoms with Gasteiger partial charge in [0.05, 0.1) is 10.6 Å². The quantitative estimate of drug-likeness (QED) is 0.662. The number of fused-ring (bicyclic) bond motifs is 2. The Morgan fingerprint density at radius 1 is 1.09 bits per heavy atom. The first kappa shape index (κ1) is 14.9. The molecule has 3 aliphatic carbocycles. The van der Waals surface area contributed by atoms with Crippen molar-refractivity contribution in [2.24, 2.45) is 17.8 Å². The van der Waals surface area contributed by atoms with Crippen molar-refractivity contribution in [3.05, 3.63) is 69.5 Å². The van der Waals surface area contributed by atoms with Crippen LogP contribution in [-0.4, -0.2) is 6.10 Å². The van der Waals surface area contributed by atoms with Gasteiger partial charge in [-0.3, -0.25) is 0 Å². The standard InChI is InChI=1S/C19H15Cl2NO/c20-16-7-12(8-17(21)15(16)10-22)11-5-6-14-13-3-1-2-4-18(13)23-19(14)9-11/h1-7,11-13,18H,8-9H2. The molecule has 0 amide bonds. The van der Waals surface area contributed by atoms with Gasteiger partial charge >= 0.3 is 0 Å². The summed E-state index contributed by atoms with van der Waals surface area (Å²) in [4.78, 5) is 0. The summed E-state index contributed by atoms with van der Waals surface area (Å²) in [6, 6.07) is 2.08. The maximum absolute atomic E-state index is 9.10. The molecule has 23 heavy (non-hydrogen) atoms. The number of ether oxygens (including phenoxy) is 1. The highest BCUT2D eigenvalue weighted by atomic mass is 35.5. The van der Waals surface area contributed by atoms with Crippen molar-refractivity contribution in [1.82, 2.24) is 0 Å². The van der Waals surface area contributed by atoms with Crippen LogP contribution in [0.25, 0.3) is 0 Å². The normalized spacial score (nSPS) is 34.7. The predicted molar refractivity (Wildman–Crippen MR) is 91.5 cm³/mol. The van der Waals surface area contributed by atoms with E-state index in [1.807, 2.05) is 12.2 Å². The van der Waals surface area contributed by atoms with E-state index < -0.39 is 0 Å². The molecule has 4 aliphatic rings. The molecule has 2 nitrogen and oxygen atoms in total. The van der Waals surface area contributed by atoms with E-state index in [4.69, 9.17) is 33.2 Å². The second kappa shape index (κ2) is 5.74. The Kier molecular flexibility index (Phi) is 3.71. The molecule has 0 spiro atoms. The zero-order valence-corrected chi connectivity index (χ0v) is 13.9. The highest BCUT2D eigenvalue weighted by Crippen LogP contribution is 2.45. The molecule has 0 saturated carbocycles. The fourth-order valence-corrected chi connectivity index (χ4v) is 4.42. The van der Waals surface area contributed by atoms with Crippen LogP contribution in [0.5, 0.6) is 0 Å². The van der Waals surface area contributed by atoms with E-state index in [0.29, 0.717) is 33.9 Å². The Labute approximate surface area is 145 Å². The van der Waals surface area contributed by atoms with Crippen molar-refractivity contribution in [3.8, 4) is 6.07 Å². The Balaban J connectivity index is 1.54. The second-order valence-electron chi connectivity index (χ2n) is 6.26. The van der Waals surface area contributed by atoms with Crippen LogP contribution in [0.3, 0.4) is 0 Å². The fraction of sp³-hybridized carbons (Fsp3) is 0.316. The topological polar surface area (TPSA) is 33.0 Å². The van der Waals surface area contributed by atoms with Gasteiger partial charge in [-0.25, -0.2) is 0 Å². The SMILES string of the molecule is N#CC1=C(Cl)CC(C2C=CC3=C(C2)OC2C=CC=CC32)C=C1Cl. The first-order chi connectivity index (χ1) is 11.2. The summed E-state index contributed by atoms with van der Waals surface area (Å²) in [5.41, 5.74) is 1.69. The van der Waals surface area contributed by atoms with E-state index in [2.05, 4.69) is 36.4 Å². The smallest absolute Gasteiger partial charge is 0.127 e. The third-order valence-corrected chi connectivity index (χ3v) is 5.59. The first-order valence-electron chi connectivity index (χ1n) is 7.76. The van der Waals surface area contributed by atoms with Crippen molar-refractivity contribution in [2.45, 2.75) is 18.9 Å². The molecule has 0 fully saturated rings. The lowest BCUT2D eigenvalue weighted by Gasteiger charge is -2.27. The lowest BCUT2D eigenvalue weighted by Crippen LogP contribution is -2.17. The van der Waals surface area contributed by atoms with Gasteiger partial charge < -0.3 is 4.74 Å². The van der Waals surface area contributed by atoms with Crippen molar-refractivity contribution in [2.75, 3.05) is 0 Å². The van der Waals surface area contributed by atoms with E-state index in [-0.39, 0.29) is 12.0 Å². The maximum atomic E-state index is 9.10. The molecule has 4 heteroatoms. The van der Waals surface area contributed by atoms with Crippen molar-refractivity contribution >= 4 is 23.2 Å². The van der Waals surface area contributed by atoms with Crippen LogP contribution in [0.15, 0.2) is 69.5 Å². The molecule has 4 atom stereocenters. The molecule has 0 aromatic rings. The molecule has 0 radical (unpaired) electrons. The van der Waals surface area contributed by atoms with E-state index >= 15 is 0 Å². The van der Waals surface area contributed by atoms with Gasteiger partial charge in [-0.15, -0.1) is 0 Å². The Hall–Kier alpha value is -1.69. The minimum atomic E-state index is 0.132. The number of nitrogens with zero attached hydrogens (tertiary/aromatic N) is 1. The van der Waals surface area contributed by atoms with Crippen LogP contribution in [0, 0.1) is 29.1 Å². The summed E-state index contributed by atoms with van der Waals surface area (Å²) in [7, 11) is 0. The largest absolute Gasteiger partial charge is 0.489 e. The molecule has 116 valence electrons. The number of hydrogen-bond donors (Lipinski definition) is 0. The number of nitriles is 1. The highest BCUT2D eigenvalue weighted by Gasteiger charge is 2.37. The van der Waals surface area contributed by atoms with Gasteiger partial charge in [0.1, 0.15) is 17.9 Å². The molecular weight excluding hydrogens is 329 g/mol. The minimum absolute atomic E-state index is 0.132. The van der Waals surface area contributed by atoms with Crippen LogP contribution in [0.2, 0.25) is 0 Å². The summed E-state index contributed by atoms with van der Waals surface area (Å²) in [5, 5.41) is 10.1. The van der Waals surface area contributed by atoms with Crippen LogP contribution in [-0.2, 0) is 4.74 Å². The Bertz CT molecular complexity index is 776. The number of halogens is 2. The number of rotatable bonds is 1. The lowest BCUT2D eigenvalue weighted by molar-refractivity contribution is 0.150. The number of allylic oxidation sites excluding steroid dienone is 9. The van der Waals surface area contributed by atoms with E-state index in [1.165, 1.54) is 5.57 Å². The lowest BCUT2D eigenvalue weighted by atomic mass is 9.78. The second-order valence-corrected chi connectivity index (χ2v) is 7.12. The number of hydrogen-bond acceptors (Lipinski definition) is 2. The molecule has 0 bridgehead atoms. The average molecular weight is 344 g/mol. The monoisotopic (exact) mass is 343 g/mol. The van der Waals surface area contributed by atoms with E-state index in [0.717, 1.165) is 12.2 Å². The molecule has 0 saturated heterocycles. The van der Waals surface area contributed by atoms with Crippen LogP contribution >= 0.6 is 23.2 Å². The van der Waals surface area contributed by atoms with Gasteiger partial charge in [0.15, 0.2) is 0 Å². The maximum Gasteiger partial charge on any atom is 0.127 e. The zero-order valence-electron chi connectivity index (χ0n) is 12.4. The van der Waals surface area contributed by atoms with Gasteiger partial charge in [0.25, 0.3) is 0 Å². The Morgan fingerprint density at radius 2 is 1.91 bits per heavy atom. The average Bonchev–Trinajstić information content (AvgIpc) is 2.92. The Morgan fingerprint density at radius 3 is 2.70 bits per heavy atom. The summed E-state index contributed by atoms with van der Waals surface area (Å²) in [6.45, 7) is 0. The van der Waals surface area contributed by atoms with Gasteiger partial charge in [-0.2, -0.15) is 5.26 Å². The van der Waals surface area contributed by atoms with E-state index in [9.17, 15) is 0 Å². The van der Waals surface area contributed by atoms with Gasteiger partial charge in [-0.05, 0) is 24.3 Å². The third kappa shape index (κ3) is 2.49. The summed E-state index contributed by atoms with van der Waals surface area (Å²) in [5.74, 6) is 1.92. The first-order valence-corrected chi connectivity index (χ1v) is 8.52. The minimum Gasteiger partial charge on any atom is -0.489 e. The van der Waals surface area contributed by atoms with Crippen molar-refractivity contribution in [3.63, 3.8) is 0 Å². The van der Waals surface area contributed by atoms with Crippen LogP contribution in [0.1, 0.15) is 12.8 Å². The predicted octanol–water partition coefficient (Wildman–Crippen LogP) is 5.12. The molecule has 1 aliphatic heterocycles. The molecule has 4 rings (SSSR count). The summed E-state index contributed by atoms with van der Waals surface area (Å²) < 4.78 is 6.13. The molecule has 4 unspecified atom stereocenters. The van der Waals surface area contributed by atoms with Crippen molar-refractivity contribution in [1.29, 1.82) is 5.26 Å². The van der Waals surface area contributed by atoms with Crippen LogP contribution in [0.4, 0.5) is 0 Å². The summed E-state index contributed by atoms with van der Waals surface area (Å²) in [6.07, 6.45) is 16.5. The summed E-state index contributed by atoms with van der Waals surface area (Å²) >= 11 is 12.5. The van der Waals surface area contributed by atoms with Gasteiger partial charge in [-0.1, -0.05) is 59.7 Å². The molecule has 0 N–H and O–H groups in total. The van der Waals surface area contributed by atoms with Gasteiger partial charge in [0, 0.05) is 22.9 Å². The molecule has 0 aromatic carbocycles. The molecule has 0 aromatic heterocycles. The third-order valence-electron chi connectivity index (χ3n) is 4.93. The van der Waals surface area contributed by atoms with Crippen molar-refractivity contribution < 1.29 is 4.74 Å².